The molecule has 0 atom stereocenters. The van der Waals surface area contributed by atoms with Crippen molar-refractivity contribution in [2.24, 2.45) is 5.73 Å². The maximum Gasteiger partial charge on any atom is 0.387 e. The van der Waals surface area contributed by atoms with Crippen LogP contribution in [0.25, 0.3) is 23.7 Å². The minimum Gasteiger partial charge on any atom is -0.434 e. The van der Waals surface area contributed by atoms with Crippen LogP contribution in [0.15, 0.2) is 36.4 Å². The van der Waals surface area contributed by atoms with Crippen molar-refractivity contribution < 1.29 is 17.9 Å². The molecule has 6 heteroatoms. The summed E-state index contributed by atoms with van der Waals surface area (Å²) in [6, 6.07) is 8.85. The molecule has 1 aromatic carbocycles. The van der Waals surface area contributed by atoms with Crippen LogP contribution in [-0.2, 0) is 6.42 Å². The second-order valence-corrected chi connectivity index (χ2v) is 6.42. The summed E-state index contributed by atoms with van der Waals surface area (Å²) in [7, 11) is 0. The Balaban J connectivity index is 1.81. The summed E-state index contributed by atoms with van der Waals surface area (Å²) in [5.74, 6) is 0.158. The highest BCUT2D eigenvalue weighted by molar-refractivity contribution is 5.76. The summed E-state index contributed by atoms with van der Waals surface area (Å²) in [6.07, 6.45) is 10.6. The van der Waals surface area contributed by atoms with Gasteiger partial charge in [-0.15, -0.1) is 4.52 Å². The molecule has 1 aliphatic heterocycles. The lowest BCUT2D eigenvalue weighted by molar-refractivity contribution is -0.583. The zero-order chi connectivity index (χ0) is 19.0. The number of aromatic nitrogens is 2. The van der Waals surface area contributed by atoms with E-state index < -0.39 is 6.61 Å². The van der Waals surface area contributed by atoms with Crippen molar-refractivity contribution in [3.8, 4) is 5.75 Å². The Kier molecular flexibility index (Phi) is 4.49. The van der Waals surface area contributed by atoms with E-state index >= 15 is 0 Å². The van der Waals surface area contributed by atoms with E-state index in [1.165, 1.54) is 11.6 Å². The summed E-state index contributed by atoms with van der Waals surface area (Å²) in [5, 5.41) is 0. The maximum atomic E-state index is 12.6. The van der Waals surface area contributed by atoms with Gasteiger partial charge in [0.25, 0.3) is 0 Å². The molecule has 0 aliphatic carbocycles. The van der Waals surface area contributed by atoms with Crippen molar-refractivity contribution in [2.75, 3.05) is 6.54 Å². The van der Waals surface area contributed by atoms with Gasteiger partial charge in [-0.3, -0.25) is 0 Å². The fourth-order valence-corrected chi connectivity index (χ4v) is 3.66. The van der Waals surface area contributed by atoms with Crippen molar-refractivity contribution in [1.82, 2.24) is 4.52 Å². The van der Waals surface area contributed by atoms with E-state index in [4.69, 9.17) is 5.73 Å². The molecule has 27 heavy (non-hydrogen) atoms. The molecule has 0 bridgehead atoms. The minimum absolute atomic E-state index is 0.158. The molecule has 0 fully saturated rings. The van der Waals surface area contributed by atoms with E-state index in [1.54, 1.807) is 24.3 Å². The Hall–Kier alpha value is -2.99. The topological polar surface area (TPSA) is 45.6 Å². The molecule has 0 saturated heterocycles. The number of ether oxygens (including phenoxy) is 1. The van der Waals surface area contributed by atoms with E-state index in [0.717, 1.165) is 28.9 Å². The molecule has 2 aromatic heterocycles. The third-order valence-electron chi connectivity index (χ3n) is 4.70. The first-order valence-electron chi connectivity index (χ1n) is 8.79. The van der Waals surface area contributed by atoms with Gasteiger partial charge in [0.2, 0.25) is 11.9 Å². The highest BCUT2D eigenvalue weighted by Gasteiger charge is 2.26. The summed E-state index contributed by atoms with van der Waals surface area (Å²) in [4.78, 5) is 0. The second kappa shape index (κ2) is 6.96. The standard InChI is InChI=1S/C21H20F2N3O/c1-14-13-16(9-8-15-5-2-3-7-19(15)27-21(22)23)26-20(14)17(10-11-24)18-6-4-12-25(18)26/h2-9,12-13,21H,10-11,24H2,1H3/q+1. The van der Waals surface area contributed by atoms with Crippen LogP contribution >= 0.6 is 0 Å². The average Bonchev–Trinajstić information content (AvgIpc) is 3.29. The van der Waals surface area contributed by atoms with Crippen molar-refractivity contribution >= 4 is 23.7 Å². The van der Waals surface area contributed by atoms with E-state index in [2.05, 4.69) is 32.7 Å². The van der Waals surface area contributed by atoms with Crippen LogP contribution in [-0.4, -0.2) is 17.7 Å². The lowest BCUT2D eigenvalue weighted by atomic mass is 10.1. The van der Waals surface area contributed by atoms with E-state index in [-0.39, 0.29) is 5.75 Å². The van der Waals surface area contributed by atoms with E-state index in [0.29, 0.717) is 12.1 Å². The van der Waals surface area contributed by atoms with Gasteiger partial charge in [0, 0.05) is 17.7 Å². The molecule has 0 amide bonds. The number of allylic oxidation sites excluding steroid dienone is 1. The molecule has 0 spiro atoms. The quantitative estimate of drug-likeness (QED) is 0.676. The number of alkyl halides is 2. The predicted octanol–water partition coefficient (Wildman–Crippen LogP) is 3.56. The van der Waals surface area contributed by atoms with Gasteiger partial charge in [-0.1, -0.05) is 22.6 Å². The van der Waals surface area contributed by atoms with Crippen LogP contribution in [0, 0.1) is 13.1 Å². The van der Waals surface area contributed by atoms with Crippen molar-refractivity contribution in [3.05, 3.63) is 70.7 Å². The fourth-order valence-electron chi connectivity index (χ4n) is 3.66. The minimum atomic E-state index is -2.85. The second-order valence-electron chi connectivity index (χ2n) is 6.42. The Morgan fingerprint density at radius 3 is 2.85 bits per heavy atom. The molecule has 138 valence electrons. The number of nitrogens with zero attached hydrogens (tertiary/aromatic N) is 2. The molecule has 0 unspecified atom stereocenters. The first-order valence-corrected chi connectivity index (χ1v) is 8.79. The van der Waals surface area contributed by atoms with Crippen LogP contribution in [0.4, 0.5) is 8.78 Å². The van der Waals surface area contributed by atoms with Gasteiger partial charge in [0.15, 0.2) is 0 Å². The van der Waals surface area contributed by atoms with Crippen LogP contribution in [0.1, 0.15) is 28.1 Å². The third kappa shape index (κ3) is 3.02. The monoisotopic (exact) mass is 368 g/mol. The van der Waals surface area contributed by atoms with Crippen molar-refractivity contribution in [2.45, 2.75) is 20.0 Å². The van der Waals surface area contributed by atoms with E-state index in [9.17, 15) is 8.78 Å². The molecule has 2 N–H and O–H groups in total. The molecule has 1 aliphatic rings. The molecule has 3 heterocycles. The molecular weight excluding hydrogens is 348 g/mol. The number of halogens is 2. The first-order chi connectivity index (χ1) is 13.1. The number of aryl methyl sites for hydroxylation is 1. The SMILES string of the molecule is Cc1cc(C=Cc2ccccc2OC(F)F)n2c1c(CCN)c1[n+]2=CC=C1. The van der Waals surface area contributed by atoms with Gasteiger partial charge >= 0.3 is 6.61 Å². The Morgan fingerprint density at radius 1 is 1.26 bits per heavy atom. The van der Waals surface area contributed by atoms with Gasteiger partial charge < -0.3 is 10.5 Å². The zero-order valence-electron chi connectivity index (χ0n) is 14.9. The normalized spacial score (nSPS) is 13.1. The lowest BCUT2D eigenvalue weighted by Gasteiger charge is -2.07. The first kappa shape index (κ1) is 17.4. The van der Waals surface area contributed by atoms with Gasteiger partial charge in [0.05, 0.1) is 5.56 Å². The van der Waals surface area contributed by atoms with Gasteiger partial charge in [0.1, 0.15) is 17.0 Å². The molecule has 4 rings (SSSR count). The Morgan fingerprint density at radius 2 is 2.07 bits per heavy atom. The predicted molar refractivity (Wildman–Crippen MR) is 101 cm³/mol. The Labute approximate surface area is 155 Å². The molecule has 0 radical (unpaired) electrons. The summed E-state index contributed by atoms with van der Waals surface area (Å²) < 4.78 is 34.1. The maximum absolute atomic E-state index is 12.6. The van der Waals surface area contributed by atoms with Gasteiger partial charge in [-0.05, 0) is 49.7 Å². The lowest BCUT2D eigenvalue weighted by Crippen LogP contribution is -2.24. The number of hydrogen-bond donors (Lipinski definition) is 1. The van der Waals surface area contributed by atoms with Gasteiger partial charge in [-0.25, -0.2) is 0 Å². The number of benzene rings is 1. The number of hydrogen-bond acceptors (Lipinski definition) is 2. The molecule has 4 nitrogen and oxygen atoms in total. The number of nitrogens with two attached hydrogens (primary N) is 1. The van der Waals surface area contributed by atoms with Crippen LogP contribution in [0.3, 0.4) is 0 Å². The highest BCUT2D eigenvalue weighted by Crippen LogP contribution is 2.27. The van der Waals surface area contributed by atoms with Crippen LogP contribution in [0.2, 0.25) is 0 Å². The average molecular weight is 368 g/mol. The number of fused-ring (bicyclic) bond motifs is 3. The van der Waals surface area contributed by atoms with Crippen molar-refractivity contribution in [1.29, 1.82) is 0 Å². The highest BCUT2D eigenvalue weighted by atomic mass is 19.3. The Bertz CT molecular complexity index is 1110. The van der Waals surface area contributed by atoms with Gasteiger partial charge in [-0.2, -0.15) is 8.78 Å². The third-order valence-corrected chi connectivity index (χ3v) is 4.70. The molecule has 0 saturated carbocycles. The summed E-state index contributed by atoms with van der Waals surface area (Å²) in [5.41, 5.74) is 12.0. The number of rotatable bonds is 6. The molecular formula is C21H20F2N3O+. The van der Waals surface area contributed by atoms with Crippen molar-refractivity contribution in [3.63, 3.8) is 0 Å². The van der Waals surface area contributed by atoms with Crippen LogP contribution in [0.5, 0.6) is 5.75 Å². The summed E-state index contributed by atoms with van der Waals surface area (Å²) >= 11 is 0. The summed E-state index contributed by atoms with van der Waals surface area (Å²) in [6.45, 7) is -0.204. The van der Waals surface area contributed by atoms with E-state index in [1.807, 2.05) is 18.4 Å². The molecule has 3 aromatic rings. The zero-order valence-corrected chi connectivity index (χ0v) is 14.9. The smallest absolute Gasteiger partial charge is 0.387 e. The fraction of sp³-hybridized carbons (Fsp3) is 0.190. The number of para-hydroxylation sites is 1. The van der Waals surface area contributed by atoms with Crippen LogP contribution < -0.4 is 14.8 Å². The largest absolute Gasteiger partial charge is 0.434 e.